The van der Waals surface area contributed by atoms with Crippen LogP contribution in [-0.2, 0) is 4.74 Å². The number of rotatable bonds is 7. The summed E-state index contributed by atoms with van der Waals surface area (Å²) < 4.78 is 11.1. The second-order valence-electron chi connectivity index (χ2n) is 6.27. The van der Waals surface area contributed by atoms with Crippen molar-refractivity contribution in [1.29, 1.82) is 0 Å². The molecule has 1 saturated heterocycles. The average Bonchev–Trinajstić information content (AvgIpc) is 2.69. The second-order valence-corrected chi connectivity index (χ2v) is 7.11. The van der Waals surface area contributed by atoms with E-state index in [1.54, 1.807) is 12.1 Å². The number of hydrogen-bond donors (Lipinski definition) is 2. The molecule has 1 heterocycles. The van der Waals surface area contributed by atoms with Crippen LogP contribution in [-0.4, -0.2) is 49.4 Å². The molecule has 144 valence electrons. The van der Waals surface area contributed by atoms with Crippen LogP contribution in [0.4, 0.5) is 5.69 Å². The maximum Gasteiger partial charge on any atom is 0.170 e. The number of thiocarbonyl (C=S) groups is 1. The summed E-state index contributed by atoms with van der Waals surface area (Å²) in [6.07, 6.45) is 1.05. The molecule has 7 heteroatoms. The normalized spacial score (nSPS) is 14.6. The van der Waals surface area contributed by atoms with Crippen LogP contribution < -0.4 is 15.4 Å². The maximum atomic E-state index is 5.88. The summed E-state index contributed by atoms with van der Waals surface area (Å²) in [7, 11) is 0. The first kappa shape index (κ1) is 19.9. The third-order valence-corrected chi connectivity index (χ3v) is 4.70. The third-order valence-electron chi connectivity index (χ3n) is 4.20. The highest BCUT2D eigenvalue weighted by Crippen LogP contribution is 2.24. The number of nitrogens with one attached hydrogen (secondary N) is 2. The lowest BCUT2D eigenvalue weighted by Gasteiger charge is -2.26. The van der Waals surface area contributed by atoms with Crippen molar-refractivity contribution >= 4 is 34.6 Å². The Labute approximate surface area is 170 Å². The van der Waals surface area contributed by atoms with Crippen molar-refractivity contribution in [2.24, 2.45) is 0 Å². The molecule has 0 bridgehead atoms. The molecule has 0 aliphatic carbocycles. The molecule has 0 atom stereocenters. The van der Waals surface area contributed by atoms with E-state index in [4.69, 9.17) is 33.3 Å². The molecule has 0 radical (unpaired) electrons. The lowest BCUT2D eigenvalue weighted by atomic mass is 10.3. The fourth-order valence-electron chi connectivity index (χ4n) is 2.75. The Bertz CT molecular complexity index is 719. The number of benzene rings is 2. The van der Waals surface area contributed by atoms with E-state index in [1.807, 2.05) is 36.4 Å². The van der Waals surface area contributed by atoms with Gasteiger partial charge in [0.2, 0.25) is 0 Å². The highest BCUT2D eigenvalue weighted by Gasteiger charge is 2.09. The average molecular weight is 406 g/mol. The van der Waals surface area contributed by atoms with Crippen LogP contribution in [0.15, 0.2) is 48.5 Å². The summed E-state index contributed by atoms with van der Waals surface area (Å²) in [5.74, 6) is 1.50. The zero-order chi connectivity index (χ0) is 18.9. The molecule has 5 nitrogen and oxygen atoms in total. The van der Waals surface area contributed by atoms with E-state index >= 15 is 0 Å². The van der Waals surface area contributed by atoms with Crippen molar-refractivity contribution in [1.82, 2.24) is 10.2 Å². The summed E-state index contributed by atoms with van der Waals surface area (Å²) in [5.41, 5.74) is 0.920. The van der Waals surface area contributed by atoms with Crippen molar-refractivity contribution in [3.05, 3.63) is 53.6 Å². The Morgan fingerprint density at radius 3 is 2.33 bits per heavy atom. The second kappa shape index (κ2) is 10.5. The Balaban J connectivity index is 1.37. The van der Waals surface area contributed by atoms with E-state index in [0.29, 0.717) is 10.1 Å². The van der Waals surface area contributed by atoms with E-state index < -0.39 is 0 Å². The highest BCUT2D eigenvalue weighted by molar-refractivity contribution is 7.80. The van der Waals surface area contributed by atoms with Crippen LogP contribution in [0.5, 0.6) is 11.5 Å². The molecule has 1 aliphatic heterocycles. The standard InChI is InChI=1S/C20H24ClN3O2S/c21-16-2-6-18(7-3-16)26-19-8-4-17(5-9-19)23-20(27)22-10-1-11-24-12-14-25-15-13-24/h2-9H,1,10-15H2,(H2,22,23,27). The molecule has 0 spiro atoms. The van der Waals surface area contributed by atoms with Crippen LogP contribution >= 0.6 is 23.8 Å². The van der Waals surface area contributed by atoms with Gasteiger partial charge < -0.3 is 20.1 Å². The van der Waals surface area contributed by atoms with Crippen molar-refractivity contribution < 1.29 is 9.47 Å². The maximum absolute atomic E-state index is 5.88. The van der Waals surface area contributed by atoms with Crippen LogP contribution in [0.2, 0.25) is 5.02 Å². The number of hydrogen-bond acceptors (Lipinski definition) is 4. The minimum Gasteiger partial charge on any atom is -0.457 e. The first-order chi connectivity index (χ1) is 13.2. The van der Waals surface area contributed by atoms with Crippen molar-refractivity contribution in [3.8, 4) is 11.5 Å². The summed E-state index contributed by atoms with van der Waals surface area (Å²) in [4.78, 5) is 2.42. The van der Waals surface area contributed by atoms with Gasteiger partial charge in [0.1, 0.15) is 11.5 Å². The third kappa shape index (κ3) is 6.99. The minimum atomic E-state index is 0.628. The molecule has 0 unspecified atom stereocenters. The lowest BCUT2D eigenvalue weighted by Crippen LogP contribution is -2.38. The van der Waals surface area contributed by atoms with E-state index in [1.165, 1.54) is 0 Å². The van der Waals surface area contributed by atoms with Crippen molar-refractivity contribution in [3.63, 3.8) is 0 Å². The topological polar surface area (TPSA) is 45.8 Å². The van der Waals surface area contributed by atoms with Gasteiger partial charge in [0.05, 0.1) is 13.2 Å². The van der Waals surface area contributed by atoms with E-state index in [0.717, 1.165) is 63.0 Å². The van der Waals surface area contributed by atoms with Crippen LogP contribution in [0, 0.1) is 0 Å². The van der Waals surface area contributed by atoms with Crippen molar-refractivity contribution in [2.75, 3.05) is 44.7 Å². The van der Waals surface area contributed by atoms with E-state index in [-0.39, 0.29) is 0 Å². The number of ether oxygens (including phenoxy) is 2. The van der Waals surface area contributed by atoms with Gasteiger partial charge >= 0.3 is 0 Å². The van der Waals surface area contributed by atoms with Gasteiger partial charge in [-0.1, -0.05) is 11.6 Å². The quantitative estimate of drug-likeness (QED) is 0.533. The van der Waals surface area contributed by atoms with Gasteiger partial charge in [0.25, 0.3) is 0 Å². The van der Waals surface area contributed by atoms with E-state index in [2.05, 4.69) is 15.5 Å². The van der Waals surface area contributed by atoms with Gasteiger partial charge in [0.15, 0.2) is 5.11 Å². The predicted molar refractivity (Wildman–Crippen MR) is 114 cm³/mol. The number of nitrogens with zero attached hydrogens (tertiary/aromatic N) is 1. The Morgan fingerprint density at radius 2 is 1.67 bits per heavy atom. The van der Waals surface area contributed by atoms with Gasteiger partial charge in [-0.15, -0.1) is 0 Å². The summed E-state index contributed by atoms with van der Waals surface area (Å²) >= 11 is 11.2. The van der Waals surface area contributed by atoms with Crippen LogP contribution in [0.1, 0.15) is 6.42 Å². The van der Waals surface area contributed by atoms with E-state index in [9.17, 15) is 0 Å². The predicted octanol–water partition coefficient (Wildman–Crippen LogP) is 4.14. The molecule has 27 heavy (non-hydrogen) atoms. The zero-order valence-electron chi connectivity index (χ0n) is 15.1. The fourth-order valence-corrected chi connectivity index (χ4v) is 3.10. The Hall–Kier alpha value is -1.86. The molecule has 1 fully saturated rings. The summed E-state index contributed by atoms with van der Waals surface area (Å²) in [6, 6.07) is 15.0. The molecular formula is C20H24ClN3O2S. The highest BCUT2D eigenvalue weighted by atomic mass is 35.5. The molecule has 2 aromatic rings. The Morgan fingerprint density at radius 1 is 1.04 bits per heavy atom. The molecule has 0 aromatic heterocycles. The molecule has 2 aromatic carbocycles. The monoisotopic (exact) mass is 405 g/mol. The van der Waals surface area contributed by atoms with Crippen LogP contribution in [0.3, 0.4) is 0 Å². The zero-order valence-corrected chi connectivity index (χ0v) is 16.7. The molecule has 3 rings (SSSR count). The first-order valence-corrected chi connectivity index (χ1v) is 9.86. The molecule has 1 aliphatic rings. The lowest BCUT2D eigenvalue weighted by molar-refractivity contribution is 0.0376. The first-order valence-electron chi connectivity index (χ1n) is 9.07. The summed E-state index contributed by atoms with van der Waals surface area (Å²) in [6.45, 7) is 5.63. The van der Waals surface area contributed by atoms with Gasteiger partial charge in [-0.2, -0.15) is 0 Å². The van der Waals surface area contributed by atoms with Crippen LogP contribution in [0.25, 0.3) is 0 Å². The van der Waals surface area contributed by atoms with Gasteiger partial charge in [0, 0.05) is 30.3 Å². The smallest absolute Gasteiger partial charge is 0.170 e. The number of halogens is 1. The fraction of sp³-hybridized carbons (Fsp3) is 0.350. The number of morpholine rings is 1. The summed E-state index contributed by atoms with van der Waals surface area (Å²) in [5, 5.41) is 7.76. The van der Waals surface area contributed by atoms with Gasteiger partial charge in [-0.3, -0.25) is 4.90 Å². The SMILES string of the molecule is S=C(NCCCN1CCOCC1)Nc1ccc(Oc2ccc(Cl)cc2)cc1. The van der Waals surface area contributed by atoms with Gasteiger partial charge in [-0.25, -0.2) is 0 Å². The molecular weight excluding hydrogens is 382 g/mol. The Kier molecular flexibility index (Phi) is 7.71. The largest absolute Gasteiger partial charge is 0.457 e. The molecule has 2 N–H and O–H groups in total. The van der Waals surface area contributed by atoms with Crippen molar-refractivity contribution in [2.45, 2.75) is 6.42 Å². The molecule has 0 saturated carbocycles. The molecule has 0 amide bonds. The van der Waals surface area contributed by atoms with Gasteiger partial charge in [-0.05, 0) is 73.7 Å². The number of anilines is 1. The minimum absolute atomic E-state index is 0.628.